The fourth-order valence-electron chi connectivity index (χ4n) is 2.85. The molecular weight excluding hydrogens is 264 g/mol. The van der Waals surface area contributed by atoms with E-state index in [9.17, 15) is 9.59 Å². The zero-order chi connectivity index (χ0) is 15.2. The molecule has 3 nitrogen and oxygen atoms in total. The van der Waals surface area contributed by atoms with Crippen molar-refractivity contribution < 1.29 is 14.3 Å². The van der Waals surface area contributed by atoms with Crippen LogP contribution in [-0.4, -0.2) is 18.4 Å². The van der Waals surface area contributed by atoms with Gasteiger partial charge in [-0.3, -0.25) is 4.79 Å². The van der Waals surface area contributed by atoms with Gasteiger partial charge in [0, 0.05) is 17.1 Å². The first-order valence-corrected chi connectivity index (χ1v) is 7.58. The SMILES string of the molecule is CCOC(=O)/C(C)=C1/CCCC(C(=O)c2ccccc2)C1. The second kappa shape index (κ2) is 7.21. The van der Waals surface area contributed by atoms with Gasteiger partial charge in [0.2, 0.25) is 0 Å². The Bertz CT molecular complexity index is 543. The fraction of sp³-hybridized carbons (Fsp3) is 0.444. The van der Waals surface area contributed by atoms with Gasteiger partial charge in [-0.05, 0) is 39.5 Å². The molecule has 1 saturated carbocycles. The summed E-state index contributed by atoms with van der Waals surface area (Å²) in [6.45, 7) is 4.00. The van der Waals surface area contributed by atoms with Gasteiger partial charge in [-0.15, -0.1) is 0 Å². The van der Waals surface area contributed by atoms with Gasteiger partial charge in [0.25, 0.3) is 0 Å². The number of rotatable bonds is 4. The highest BCUT2D eigenvalue weighted by Crippen LogP contribution is 2.33. The Hall–Kier alpha value is -1.90. The Morgan fingerprint density at radius 3 is 2.62 bits per heavy atom. The van der Waals surface area contributed by atoms with E-state index in [0.29, 0.717) is 18.6 Å². The van der Waals surface area contributed by atoms with Crippen molar-refractivity contribution in [2.24, 2.45) is 5.92 Å². The van der Waals surface area contributed by atoms with Crippen molar-refractivity contribution in [2.75, 3.05) is 6.61 Å². The molecule has 0 bridgehead atoms. The molecule has 2 rings (SSSR count). The van der Waals surface area contributed by atoms with Crippen LogP contribution >= 0.6 is 0 Å². The van der Waals surface area contributed by atoms with E-state index in [-0.39, 0.29) is 17.7 Å². The molecule has 0 amide bonds. The smallest absolute Gasteiger partial charge is 0.333 e. The molecule has 0 saturated heterocycles. The Kier molecular flexibility index (Phi) is 5.32. The van der Waals surface area contributed by atoms with Crippen LogP contribution in [0.2, 0.25) is 0 Å². The summed E-state index contributed by atoms with van der Waals surface area (Å²) in [6.07, 6.45) is 3.42. The number of carbonyl (C=O) groups excluding carboxylic acids is 2. The molecule has 21 heavy (non-hydrogen) atoms. The van der Waals surface area contributed by atoms with Gasteiger partial charge >= 0.3 is 5.97 Å². The molecule has 0 radical (unpaired) electrons. The van der Waals surface area contributed by atoms with Gasteiger partial charge in [0.1, 0.15) is 0 Å². The largest absolute Gasteiger partial charge is 0.463 e. The minimum Gasteiger partial charge on any atom is -0.463 e. The number of allylic oxidation sites excluding steroid dienone is 1. The molecule has 1 aromatic rings. The molecule has 1 aromatic carbocycles. The van der Waals surface area contributed by atoms with E-state index >= 15 is 0 Å². The standard InChI is InChI=1S/C18H22O3/c1-3-21-18(20)13(2)15-10-7-11-16(12-15)17(19)14-8-5-4-6-9-14/h4-6,8-9,16H,3,7,10-12H2,1-2H3/b15-13-. The van der Waals surface area contributed by atoms with E-state index in [1.165, 1.54) is 0 Å². The van der Waals surface area contributed by atoms with Gasteiger partial charge in [-0.2, -0.15) is 0 Å². The van der Waals surface area contributed by atoms with Crippen LogP contribution in [0.15, 0.2) is 41.5 Å². The Labute approximate surface area is 126 Å². The lowest BCUT2D eigenvalue weighted by molar-refractivity contribution is -0.138. The van der Waals surface area contributed by atoms with Gasteiger partial charge in [0.15, 0.2) is 5.78 Å². The average Bonchev–Trinajstić information content (AvgIpc) is 2.54. The molecule has 1 unspecified atom stereocenters. The maximum absolute atomic E-state index is 12.5. The first-order chi connectivity index (χ1) is 10.1. The topological polar surface area (TPSA) is 43.4 Å². The maximum Gasteiger partial charge on any atom is 0.333 e. The van der Waals surface area contributed by atoms with Crippen LogP contribution < -0.4 is 0 Å². The second-order valence-electron chi connectivity index (χ2n) is 5.47. The van der Waals surface area contributed by atoms with Gasteiger partial charge in [0.05, 0.1) is 6.61 Å². The number of ketones is 1. The predicted octanol–water partition coefficient (Wildman–Crippen LogP) is 3.94. The summed E-state index contributed by atoms with van der Waals surface area (Å²) in [7, 11) is 0. The van der Waals surface area contributed by atoms with E-state index in [1.54, 1.807) is 6.92 Å². The highest BCUT2D eigenvalue weighted by molar-refractivity contribution is 5.98. The van der Waals surface area contributed by atoms with Crippen molar-refractivity contribution in [3.05, 3.63) is 47.0 Å². The van der Waals surface area contributed by atoms with Crippen molar-refractivity contribution in [3.8, 4) is 0 Å². The number of Topliss-reactive ketones (excluding diaryl/α,β-unsaturated/α-hetero) is 1. The highest BCUT2D eigenvalue weighted by atomic mass is 16.5. The maximum atomic E-state index is 12.5. The number of hydrogen-bond donors (Lipinski definition) is 0. The number of esters is 1. The van der Waals surface area contributed by atoms with Crippen molar-refractivity contribution in [2.45, 2.75) is 39.5 Å². The Morgan fingerprint density at radius 2 is 1.95 bits per heavy atom. The summed E-state index contributed by atoms with van der Waals surface area (Å²) in [5.74, 6) is -0.0784. The number of benzene rings is 1. The minimum absolute atomic E-state index is 0.0134. The third-order valence-electron chi connectivity index (χ3n) is 4.06. The molecule has 0 N–H and O–H groups in total. The van der Waals surface area contributed by atoms with E-state index in [1.807, 2.05) is 37.3 Å². The van der Waals surface area contributed by atoms with Crippen molar-refractivity contribution in [1.82, 2.24) is 0 Å². The summed E-state index contributed by atoms with van der Waals surface area (Å²) in [5, 5.41) is 0. The molecule has 1 fully saturated rings. The molecule has 0 aromatic heterocycles. The lowest BCUT2D eigenvalue weighted by Gasteiger charge is -2.24. The van der Waals surface area contributed by atoms with Gasteiger partial charge < -0.3 is 4.74 Å². The van der Waals surface area contributed by atoms with Crippen molar-refractivity contribution in [1.29, 1.82) is 0 Å². The first-order valence-electron chi connectivity index (χ1n) is 7.58. The summed E-state index contributed by atoms with van der Waals surface area (Å²) in [6, 6.07) is 9.40. The van der Waals surface area contributed by atoms with E-state index < -0.39 is 0 Å². The monoisotopic (exact) mass is 286 g/mol. The van der Waals surface area contributed by atoms with Crippen LogP contribution in [0.25, 0.3) is 0 Å². The predicted molar refractivity (Wildman–Crippen MR) is 82.1 cm³/mol. The van der Waals surface area contributed by atoms with E-state index in [2.05, 4.69) is 0 Å². The Morgan fingerprint density at radius 1 is 1.24 bits per heavy atom. The highest BCUT2D eigenvalue weighted by Gasteiger charge is 2.26. The molecule has 0 heterocycles. The van der Waals surface area contributed by atoms with Crippen LogP contribution in [0.5, 0.6) is 0 Å². The number of carbonyl (C=O) groups is 2. The molecule has 112 valence electrons. The average molecular weight is 286 g/mol. The second-order valence-corrected chi connectivity index (χ2v) is 5.47. The minimum atomic E-state index is -0.250. The molecule has 1 aliphatic carbocycles. The van der Waals surface area contributed by atoms with Crippen LogP contribution in [0, 0.1) is 5.92 Å². The number of hydrogen-bond acceptors (Lipinski definition) is 3. The number of ether oxygens (including phenoxy) is 1. The third-order valence-corrected chi connectivity index (χ3v) is 4.06. The normalized spacial score (nSPS) is 20.8. The Balaban J connectivity index is 2.12. The first kappa shape index (κ1) is 15.5. The lowest BCUT2D eigenvalue weighted by Crippen LogP contribution is -2.21. The van der Waals surface area contributed by atoms with Gasteiger partial charge in [-0.1, -0.05) is 35.9 Å². The summed E-state index contributed by atoms with van der Waals surface area (Å²) >= 11 is 0. The molecule has 1 atom stereocenters. The lowest BCUT2D eigenvalue weighted by atomic mass is 9.79. The van der Waals surface area contributed by atoms with Crippen molar-refractivity contribution in [3.63, 3.8) is 0 Å². The molecule has 3 heteroatoms. The molecule has 0 spiro atoms. The van der Waals surface area contributed by atoms with E-state index in [0.717, 1.165) is 30.4 Å². The van der Waals surface area contributed by atoms with E-state index in [4.69, 9.17) is 4.74 Å². The van der Waals surface area contributed by atoms with Crippen LogP contribution in [-0.2, 0) is 9.53 Å². The van der Waals surface area contributed by atoms with Crippen LogP contribution in [0.3, 0.4) is 0 Å². The quantitative estimate of drug-likeness (QED) is 0.478. The summed E-state index contributed by atoms with van der Waals surface area (Å²) in [4.78, 5) is 24.3. The molecule has 0 aliphatic heterocycles. The molecular formula is C18H22O3. The third kappa shape index (κ3) is 3.81. The van der Waals surface area contributed by atoms with Gasteiger partial charge in [-0.25, -0.2) is 4.79 Å². The summed E-state index contributed by atoms with van der Waals surface area (Å²) < 4.78 is 5.06. The summed E-state index contributed by atoms with van der Waals surface area (Å²) in [5.41, 5.74) is 2.52. The zero-order valence-electron chi connectivity index (χ0n) is 12.7. The van der Waals surface area contributed by atoms with Crippen LogP contribution in [0.4, 0.5) is 0 Å². The molecule has 1 aliphatic rings. The zero-order valence-corrected chi connectivity index (χ0v) is 12.7. The van der Waals surface area contributed by atoms with Crippen molar-refractivity contribution >= 4 is 11.8 Å². The fourth-order valence-corrected chi connectivity index (χ4v) is 2.85. The van der Waals surface area contributed by atoms with Crippen LogP contribution in [0.1, 0.15) is 49.9 Å².